The minimum Gasteiger partial charge on any atom is -0.383 e. The quantitative estimate of drug-likeness (QED) is 0.859. The molecule has 23 heavy (non-hydrogen) atoms. The van der Waals surface area contributed by atoms with Crippen LogP contribution in [0.1, 0.15) is 23.8 Å². The largest absolute Gasteiger partial charge is 0.383 e. The SMILES string of the molecule is COCCN1CC(c2nc(-c3ccc(CN)cc3)no2)CC1=O. The Hall–Kier alpha value is -2.25. The Kier molecular flexibility index (Phi) is 4.68. The van der Waals surface area contributed by atoms with E-state index in [9.17, 15) is 4.79 Å². The second-order valence-electron chi connectivity index (χ2n) is 5.59. The van der Waals surface area contributed by atoms with Crippen LogP contribution in [0.25, 0.3) is 11.4 Å². The second-order valence-corrected chi connectivity index (χ2v) is 5.59. The van der Waals surface area contributed by atoms with Gasteiger partial charge in [0.05, 0.1) is 12.5 Å². The molecular formula is C16H20N4O3. The normalized spacial score (nSPS) is 17.9. The number of rotatable bonds is 6. The topological polar surface area (TPSA) is 94.5 Å². The number of aromatic nitrogens is 2. The summed E-state index contributed by atoms with van der Waals surface area (Å²) in [7, 11) is 1.62. The molecule has 3 rings (SSSR count). The van der Waals surface area contributed by atoms with Gasteiger partial charge in [0.2, 0.25) is 17.6 Å². The summed E-state index contributed by atoms with van der Waals surface area (Å²) in [6.07, 6.45) is 0.400. The van der Waals surface area contributed by atoms with Crippen LogP contribution < -0.4 is 5.73 Å². The standard InChI is InChI=1S/C16H20N4O3/c1-22-7-6-20-10-13(8-14(20)21)16-18-15(19-23-16)12-4-2-11(9-17)3-5-12/h2-5,13H,6-10,17H2,1H3. The Labute approximate surface area is 134 Å². The smallest absolute Gasteiger partial charge is 0.232 e. The molecule has 0 radical (unpaired) electrons. The van der Waals surface area contributed by atoms with Gasteiger partial charge in [0.25, 0.3) is 0 Å². The Morgan fingerprint density at radius 1 is 1.39 bits per heavy atom. The van der Waals surface area contributed by atoms with Gasteiger partial charge in [0.1, 0.15) is 0 Å². The van der Waals surface area contributed by atoms with E-state index in [2.05, 4.69) is 10.1 Å². The second kappa shape index (κ2) is 6.89. The van der Waals surface area contributed by atoms with E-state index in [1.54, 1.807) is 12.0 Å². The summed E-state index contributed by atoms with van der Waals surface area (Å²) in [4.78, 5) is 18.2. The van der Waals surface area contributed by atoms with Crippen LogP contribution in [0.3, 0.4) is 0 Å². The zero-order valence-corrected chi connectivity index (χ0v) is 13.1. The molecule has 1 aliphatic heterocycles. The Morgan fingerprint density at radius 3 is 2.87 bits per heavy atom. The summed E-state index contributed by atoms with van der Waals surface area (Å²) in [5, 5.41) is 4.03. The fraction of sp³-hybridized carbons (Fsp3) is 0.438. The summed E-state index contributed by atoms with van der Waals surface area (Å²) in [6.45, 7) is 2.21. The number of ether oxygens (including phenoxy) is 1. The number of carbonyl (C=O) groups is 1. The van der Waals surface area contributed by atoms with Crippen LogP contribution in [-0.2, 0) is 16.1 Å². The summed E-state index contributed by atoms with van der Waals surface area (Å²) < 4.78 is 10.4. The van der Waals surface area contributed by atoms with Gasteiger partial charge in [0.15, 0.2) is 0 Å². The van der Waals surface area contributed by atoms with Crippen molar-refractivity contribution < 1.29 is 14.1 Å². The molecule has 122 valence electrons. The van der Waals surface area contributed by atoms with Crippen molar-refractivity contribution in [3.8, 4) is 11.4 Å². The number of nitrogens with zero attached hydrogens (tertiary/aromatic N) is 3. The third-order valence-corrected chi connectivity index (χ3v) is 4.02. The average Bonchev–Trinajstić information content (AvgIpc) is 3.20. The minimum atomic E-state index is -0.0519. The molecule has 1 unspecified atom stereocenters. The predicted octanol–water partition coefficient (Wildman–Crippen LogP) is 1.16. The monoisotopic (exact) mass is 316 g/mol. The van der Waals surface area contributed by atoms with E-state index in [1.165, 1.54) is 0 Å². The van der Waals surface area contributed by atoms with Gasteiger partial charge in [-0.05, 0) is 5.56 Å². The van der Waals surface area contributed by atoms with Crippen LogP contribution in [0.4, 0.5) is 0 Å². The molecule has 2 aromatic rings. The zero-order valence-electron chi connectivity index (χ0n) is 13.1. The van der Waals surface area contributed by atoms with Crippen LogP contribution in [0.5, 0.6) is 0 Å². The Bertz CT molecular complexity index is 668. The Morgan fingerprint density at radius 2 is 2.17 bits per heavy atom. The van der Waals surface area contributed by atoms with E-state index in [0.29, 0.717) is 44.4 Å². The van der Waals surface area contributed by atoms with E-state index < -0.39 is 0 Å². The van der Waals surface area contributed by atoms with E-state index in [-0.39, 0.29) is 11.8 Å². The first-order valence-corrected chi connectivity index (χ1v) is 7.61. The molecule has 0 bridgehead atoms. The first kappa shape index (κ1) is 15.6. The average molecular weight is 316 g/mol. The molecule has 7 nitrogen and oxygen atoms in total. The van der Waals surface area contributed by atoms with Crippen molar-refractivity contribution in [3.05, 3.63) is 35.7 Å². The van der Waals surface area contributed by atoms with Gasteiger partial charge < -0.3 is 19.9 Å². The first-order valence-electron chi connectivity index (χ1n) is 7.61. The summed E-state index contributed by atoms with van der Waals surface area (Å²) in [5.41, 5.74) is 7.51. The van der Waals surface area contributed by atoms with Crippen LogP contribution in [-0.4, -0.2) is 47.8 Å². The van der Waals surface area contributed by atoms with Crippen molar-refractivity contribution in [2.75, 3.05) is 26.8 Å². The summed E-state index contributed by atoms with van der Waals surface area (Å²) >= 11 is 0. The highest BCUT2D eigenvalue weighted by molar-refractivity contribution is 5.79. The van der Waals surface area contributed by atoms with Crippen LogP contribution in [0.15, 0.2) is 28.8 Å². The van der Waals surface area contributed by atoms with Gasteiger partial charge in [-0.3, -0.25) is 4.79 Å². The van der Waals surface area contributed by atoms with E-state index in [1.807, 2.05) is 24.3 Å². The number of carbonyl (C=O) groups excluding carboxylic acids is 1. The minimum absolute atomic E-state index is 0.0519. The van der Waals surface area contributed by atoms with E-state index in [0.717, 1.165) is 11.1 Å². The molecule has 1 aromatic carbocycles. The Balaban J connectivity index is 1.70. The highest BCUT2D eigenvalue weighted by Gasteiger charge is 2.34. The van der Waals surface area contributed by atoms with Crippen LogP contribution in [0.2, 0.25) is 0 Å². The number of benzene rings is 1. The van der Waals surface area contributed by atoms with Gasteiger partial charge in [0, 0.05) is 38.7 Å². The third kappa shape index (κ3) is 3.40. The third-order valence-electron chi connectivity index (χ3n) is 4.02. The van der Waals surface area contributed by atoms with E-state index in [4.69, 9.17) is 15.0 Å². The molecule has 1 saturated heterocycles. The van der Waals surface area contributed by atoms with Gasteiger partial charge >= 0.3 is 0 Å². The van der Waals surface area contributed by atoms with Gasteiger partial charge in [-0.2, -0.15) is 4.98 Å². The van der Waals surface area contributed by atoms with Gasteiger partial charge in [-0.15, -0.1) is 0 Å². The lowest BCUT2D eigenvalue weighted by Gasteiger charge is -2.14. The van der Waals surface area contributed by atoms with Crippen molar-refractivity contribution in [2.24, 2.45) is 5.73 Å². The number of nitrogens with two attached hydrogens (primary N) is 1. The number of hydrogen-bond donors (Lipinski definition) is 1. The lowest BCUT2D eigenvalue weighted by Crippen LogP contribution is -2.28. The molecule has 1 atom stereocenters. The summed E-state index contributed by atoms with van der Waals surface area (Å²) in [5.74, 6) is 1.09. The van der Waals surface area contributed by atoms with Crippen molar-refractivity contribution >= 4 is 5.91 Å². The lowest BCUT2D eigenvalue weighted by atomic mass is 10.1. The maximum absolute atomic E-state index is 12.0. The molecule has 1 aliphatic rings. The fourth-order valence-electron chi connectivity index (χ4n) is 2.66. The molecule has 0 saturated carbocycles. The van der Waals surface area contributed by atoms with Crippen molar-refractivity contribution in [1.29, 1.82) is 0 Å². The molecular weight excluding hydrogens is 296 g/mol. The van der Waals surface area contributed by atoms with Crippen molar-refractivity contribution in [3.63, 3.8) is 0 Å². The molecule has 7 heteroatoms. The van der Waals surface area contributed by atoms with Crippen molar-refractivity contribution in [2.45, 2.75) is 18.9 Å². The van der Waals surface area contributed by atoms with Crippen LogP contribution in [0, 0.1) is 0 Å². The fourth-order valence-corrected chi connectivity index (χ4v) is 2.66. The molecule has 1 amide bonds. The number of hydrogen-bond acceptors (Lipinski definition) is 6. The van der Waals surface area contributed by atoms with Crippen LogP contribution >= 0.6 is 0 Å². The maximum Gasteiger partial charge on any atom is 0.232 e. The highest BCUT2D eigenvalue weighted by Crippen LogP contribution is 2.28. The lowest BCUT2D eigenvalue weighted by molar-refractivity contribution is -0.128. The number of methoxy groups -OCH3 is 1. The van der Waals surface area contributed by atoms with Crippen molar-refractivity contribution in [1.82, 2.24) is 15.0 Å². The highest BCUT2D eigenvalue weighted by atomic mass is 16.5. The number of amides is 1. The first-order chi connectivity index (χ1) is 11.2. The molecule has 0 spiro atoms. The molecule has 2 heterocycles. The molecule has 2 N–H and O–H groups in total. The molecule has 1 fully saturated rings. The maximum atomic E-state index is 12.0. The summed E-state index contributed by atoms with van der Waals surface area (Å²) in [6, 6.07) is 7.72. The predicted molar refractivity (Wildman–Crippen MR) is 83.4 cm³/mol. The zero-order chi connectivity index (χ0) is 16.2. The molecule has 1 aromatic heterocycles. The number of likely N-dealkylation sites (tertiary alicyclic amines) is 1. The van der Waals surface area contributed by atoms with Gasteiger partial charge in [-0.1, -0.05) is 29.4 Å². The van der Waals surface area contributed by atoms with E-state index >= 15 is 0 Å². The van der Waals surface area contributed by atoms with Gasteiger partial charge in [-0.25, -0.2) is 0 Å². The molecule has 0 aliphatic carbocycles.